The highest BCUT2D eigenvalue weighted by molar-refractivity contribution is 5.71. The third-order valence-electron chi connectivity index (χ3n) is 3.51. The highest BCUT2D eigenvalue weighted by Crippen LogP contribution is 2.19. The van der Waals surface area contributed by atoms with Gasteiger partial charge in [-0.1, -0.05) is 38.3 Å². The van der Waals surface area contributed by atoms with Gasteiger partial charge in [0.05, 0.1) is 0 Å². The number of rotatable bonds is 10. The van der Waals surface area contributed by atoms with E-state index in [0.29, 0.717) is 6.42 Å². The van der Waals surface area contributed by atoms with Crippen LogP contribution in [-0.2, 0) is 9.53 Å². The second-order valence-electron chi connectivity index (χ2n) is 5.26. The fourth-order valence-electron chi connectivity index (χ4n) is 2.34. The molecule has 0 amide bonds. The minimum atomic E-state index is -0.00743. The van der Waals surface area contributed by atoms with Gasteiger partial charge in [0.2, 0.25) is 0 Å². The molecule has 0 aromatic rings. The van der Waals surface area contributed by atoms with E-state index < -0.39 is 0 Å². The molecular weight excluding hydrogens is 224 g/mol. The summed E-state index contributed by atoms with van der Waals surface area (Å²) < 4.78 is 5.19. The van der Waals surface area contributed by atoms with Crippen LogP contribution in [-0.4, -0.2) is 12.1 Å². The van der Waals surface area contributed by atoms with Crippen LogP contribution in [0.3, 0.4) is 0 Å². The van der Waals surface area contributed by atoms with Gasteiger partial charge in [-0.2, -0.15) is 0 Å². The average molecular weight is 252 g/mol. The van der Waals surface area contributed by atoms with Crippen molar-refractivity contribution < 1.29 is 9.53 Å². The molecule has 2 nitrogen and oxygen atoms in total. The Morgan fingerprint density at radius 1 is 1.11 bits per heavy atom. The van der Waals surface area contributed by atoms with Gasteiger partial charge in [0.25, 0.3) is 0 Å². The van der Waals surface area contributed by atoms with E-state index in [0.717, 1.165) is 12.8 Å². The van der Waals surface area contributed by atoms with Crippen molar-refractivity contribution in [1.82, 2.24) is 0 Å². The summed E-state index contributed by atoms with van der Waals surface area (Å²) in [5.41, 5.74) is 0. The number of ether oxygens (including phenoxy) is 1. The Labute approximate surface area is 112 Å². The van der Waals surface area contributed by atoms with Gasteiger partial charge in [0.1, 0.15) is 6.10 Å². The number of hydrogen-bond acceptors (Lipinski definition) is 2. The molecule has 0 bridgehead atoms. The standard InChI is InChI=1S/C16H28O2/c1-2-3-4-5-6-7-8-9-10-11-12-15-13-14-16(17)18-15/h7-8,15H,2-6,9-14H2,1H3/b8-7-/t15-/m0/s1. The molecule has 1 heterocycles. The SMILES string of the molecule is CCCCCC/C=C\CCCC[C@H]1CCC(=O)O1. The van der Waals surface area contributed by atoms with E-state index >= 15 is 0 Å². The second-order valence-corrected chi connectivity index (χ2v) is 5.26. The van der Waals surface area contributed by atoms with E-state index in [9.17, 15) is 4.79 Å². The van der Waals surface area contributed by atoms with E-state index in [1.165, 1.54) is 51.4 Å². The fourth-order valence-corrected chi connectivity index (χ4v) is 2.34. The second kappa shape index (κ2) is 10.2. The highest BCUT2D eigenvalue weighted by Gasteiger charge is 2.22. The van der Waals surface area contributed by atoms with Crippen LogP contribution in [0.2, 0.25) is 0 Å². The number of hydrogen-bond donors (Lipinski definition) is 0. The Balaban J connectivity index is 1.83. The van der Waals surface area contributed by atoms with Gasteiger partial charge in [-0.05, 0) is 44.9 Å². The molecule has 1 aliphatic rings. The summed E-state index contributed by atoms with van der Waals surface area (Å²) in [6, 6.07) is 0. The van der Waals surface area contributed by atoms with Crippen LogP contribution < -0.4 is 0 Å². The average Bonchev–Trinajstić information content (AvgIpc) is 2.77. The van der Waals surface area contributed by atoms with Crippen molar-refractivity contribution in [2.45, 2.75) is 83.7 Å². The lowest BCUT2D eigenvalue weighted by molar-refractivity contribution is -0.141. The molecule has 2 heteroatoms. The molecule has 1 atom stereocenters. The van der Waals surface area contributed by atoms with E-state index in [1.54, 1.807) is 0 Å². The molecule has 0 aromatic carbocycles. The summed E-state index contributed by atoms with van der Waals surface area (Å²) >= 11 is 0. The molecule has 18 heavy (non-hydrogen) atoms. The van der Waals surface area contributed by atoms with Crippen LogP contribution in [0.5, 0.6) is 0 Å². The third-order valence-corrected chi connectivity index (χ3v) is 3.51. The lowest BCUT2D eigenvalue weighted by Gasteiger charge is -2.07. The van der Waals surface area contributed by atoms with Crippen LogP contribution in [0.25, 0.3) is 0 Å². The molecule has 104 valence electrons. The van der Waals surface area contributed by atoms with Gasteiger partial charge in [-0.3, -0.25) is 4.79 Å². The fraction of sp³-hybridized carbons (Fsp3) is 0.812. The number of unbranched alkanes of at least 4 members (excludes halogenated alkanes) is 6. The molecule has 1 aliphatic heterocycles. The molecule has 1 rings (SSSR count). The van der Waals surface area contributed by atoms with Crippen LogP contribution in [0.4, 0.5) is 0 Å². The third kappa shape index (κ3) is 7.52. The van der Waals surface area contributed by atoms with E-state index in [4.69, 9.17) is 4.74 Å². The summed E-state index contributed by atoms with van der Waals surface area (Å²) in [6.45, 7) is 2.25. The van der Waals surface area contributed by atoms with Gasteiger partial charge < -0.3 is 4.74 Å². The lowest BCUT2D eigenvalue weighted by atomic mass is 10.1. The van der Waals surface area contributed by atoms with Gasteiger partial charge in [-0.25, -0.2) is 0 Å². The molecule has 0 spiro atoms. The Kier molecular flexibility index (Phi) is 8.62. The summed E-state index contributed by atoms with van der Waals surface area (Å²) in [6.07, 6.45) is 17.7. The zero-order valence-corrected chi connectivity index (χ0v) is 11.8. The summed E-state index contributed by atoms with van der Waals surface area (Å²) in [4.78, 5) is 10.9. The maximum Gasteiger partial charge on any atom is 0.306 e. The predicted molar refractivity (Wildman–Crippen MR) is 75.5 cm³/mol. The number of carbonyl (C=O) groups is 1. The van der Waals surface area contributed by atoms with Crippen LogP contribution in [0.15, 0.2) is 12.2 Å². The van der Waals surface area contributed by atoms with Crippen molar-refractivity contribution in [2.75, 3.05) is 0 Å². The zero-order valence-electron chi connectivity index (χ0n) is 11.8. The summed E-state index contributed by atoms with van der Waals surface area (Å²) in [5, 5.41) is 0. The summed E-state index contributed by atoms with van der Waals surface area (Å²) in [7, 11) is 0. The smallest absolute Gasteiger partial charge is 0.306 e. The predicted octanol–water partition coefficient (Wildman–Crippen LogP) is 4.78. The summed E-state index contributed by atoms with van der Waals surface area (Å²) in [5.74, 6) is -0.00743. The minimum absolute atomic E-state index is 0.00743. The monoisotopic (exact) mass is 252 g/mol. The van der Waals surface area contributed by atoms with E-state index in [2.05, 4.69) is 19.1 Å². The minimum Gasteiger partial charge on any atom is -0.462 e. The quantitative estimate of drug-likeness (QED) is 0.318. The Morgan fingerprint density at radius 3 is 2.44 bits per heavy atom. The lowest BCUT2D eigenvalue weighted by Crippen LogP contribution is -2.05. The molecule has 0 aromatic heterocycles. The first kappa shape index (κ1) is 15.3. The van der Waals surface area contributed by atoms with Crippen molar-refractivity contribution in [2.24, 2.45) is 0 Å². The maximum absolute atomic E-state index is 10.9. The van der Waals surface area contributed by atoms with E-state index in [-0.39, 0.29) is 12.1 Å². The first-order valence-electron chi connectivity index (χ1n) is 7.67. The first-order chi connectivity index (χ1) is 8.83. The van der Waals surface area contributed by atoms with Crippen LogP contribution >= 0.6 is 0 Å². The van der Waals surface area contributed by atoms with Crippen LogP contribution in [0, 0.1) is 0 Å². The molecule has 1 fully saturated rings. The van der Waals surface area contributed by atoms with Gasteiger partial charge in [0, 0.05) is 6.42 Å². The number of carbonyl (C=O) groups excluding carboxylic acids is 1. The first-order valence-corrected chi connectivity index (χ1v) is 7.67. The number of allylic oxidation sites excluding steroid dienone is 2. The molecule has 0 saturated carbocycles. The Morgan fingerprint density at radius 2 is 1.83 bits per heavy atom. The van der Waals surface area contributed by atoms with Crippen LogP contribution in [0.1, 0.15) is 77.6 Å². The molecule has 0 aliphatic carbocycles. The molecule has 0 radical (unpaired) electrons. The topological polar surface area (TPSA) is 26.3 Å². The number of cyclic esters (lactones) is 1. The van der Waals surface area contributed by atoms with Gasteiger partial charge in [-0.15, -0.1) is 0 Å². The Hall–Kier alpha value is -0.790. The molecule has 1 saturated heterocycles. The molecule has 0 unspecified atom stereocenters. The molecular formula is C16H28O2. The Bertz CT molecular complexity index is 245. The zero-order chi connectivity index (χ0) is 13.1. The van der Waals surface area contributed by atoms with Gasteiger partial charge >= 0.3 is 5.97 Å². The van der Waals surface area contributed by atoms with Crippen molar-refractivity contribution >= 4 is 5.97 Å². The normalized spacial score (nSPS) is 19.6. The molecule has 0 N–H and O–H groups in total. The maximum atomic E-state index is 10.9. The highest BCUT2D eigenvalue weighted by atomic mass is 16.5. The van der Waals surface area contributed by atoms with E-state index in [1.807, 2.05) is 0 Å². The van der Waals surface area contributed by atoms with Crippen molar-refractivity contribution in [3.8, 4) is 0 Å². The van der Waals surface area contributed by atoms with Gasteiger partial charge in [0.15, 0.2) is 0 Å². The van der Waals surface area contributed by atoms with Crippen molar-refractivity contribution in [3.63, 3.8) is 0 Å². The van der Waals surface area contributed by atoms with Crippen molar-refractivity contribution in [1.29, 1.82) is 0 Å². The largest absolute Gasteiger partial charge is 0.462 e. The number of esters is 1. The van der Waals surface area contributed by atoms with Crippen molar-refractivity contribution in [3.05, 3.63) is 12.2 Å².